The lowest BCUT2D eigenvalue weighted by molar-refractivity contribution is 0.0689. The van der Waals surface area contributed by atoms with Gasteiger partial charge in [-0.05, 0) is 105 Å². The standard InChI is InChI=1S/C40H54N6O3Si/c1-27(45-20-17-30(18-21-45)29-10-12-31(13-11-29)40(47)43(3)4)37-25-34-33(16-19-41-39(34)44(37)5)32-14-15-36-35(24-32)42-38(28(2)48-6)46(36)26-49-22-23-50(7,8)9/h10-16,19,24-25,27-28,30H,17-18,20-23,26H2,1-9H3/t27-,28+/m0/s1/i3D3,4D3. The molecule has 1 saturated heterocycles. The zero-order chi connectivity index (χ0) is 40.7. The zero-order valence-corrected chi connectivity index (χ0v) is 31.4. The van der Waals surface area contributed by atoms with E-state index in [4.69, 9.17) is 27.7 Å². The van der Waals surface area contributed by atoms with E-state index in [1.54, 1.807) is 7.11 Å². The van der Waals surface area contributed by atoms with Crippen molar-refractivity contribution >= 4 is 36.0 Å². The Morgan fingerprint density at radius 1 is 1.06 bits per heavy atom. The first-order valence-corrected chi connectivity index (χ1v) is 21.2. The second kappa shape index (κ2) is 14.8. The van der Waals surface area contributed by atoms with E-state index in [9.17, 15) is 4.79 Å². The highest BCUT2D eigenvalue weighted by molar-refractivity contribution is 6.76. The Labute approximate surface area is 306 Å². The van der Waals surface area contributed by atoms with Gasteiger partial charge in [0.25, 0.3) is 5.91 Å². The number of carbonyl (C=O) groups is 1. The normalized spacial score (nSPS) is 18.2. The molecular weight excluding hydrogens is 641 g/mol. The van der Waals surface area contributed by atoms with Crippen LogP contribution in [-0.4, -0.2) is 83.6 Å². The van der Waals surface area contributed by atoms with Gasteiger partial charge in [-0.1, -0.05) is 37.8 Å². The van der Waals surface area contributed by atoms with Crippen LogP contribution in [0.3, 0.4) is 0 Å². The minimum absolute atomic E-state index is 0.000580. The third-order valence-corrected chi connectivity index (χ3v) is 12.0. The average Bonchev–Trinajstić information content (AvgIpc) is 3.68. The Bertz CT molecular complexity index is 2150. The lowest BCUT2D eigenvalue weighted by atomic mass is 9.88. The van der Waals surface area contributed by atoms with Gasteiger partial charge in [-0.15, -0.1) is 0 Å². The Hall–Kier alpha value is -3.83. The molecule has 3 aromatic heterocycles. The molecule has 1 amide bonds. The fourth-order valence-corrected chi connectivity index (χ4v) is 7.88. The van der Waals surface area contributed by atoms with Crippen LogP contribution in [0.1, 0.15) is 80.4 Å². The third-order valence-electron chi connectivity index (χ3n) is 10.3. The Morgan fingerprint density at radius 3 is 2.48 bits per heavy atom. The number of fused-ring (bicyclic) bond motifs is 2. The smallest absolute Gasteiger partial charge is 0.253 e. The van der Waals surface area contributed by atoms with Gasteiger partial charge in [-0.2, -0.15) is 0 Å². The number of aryl methyl sites for hydroxylation is 1. The molecular formula is C40H54N6O3Si. The van der Waals surface area contributed by atoms with E-state index in [2.05, 4.69) is 78.0 Å². The summed E-state index contributed by atoms with van der Waals surface area (Å²) in [6.07, 6.45) is 3.49. The van der Waals surface area contributed by atoms with Gasteiger partial charge in [0.15, 0.2) is 0 Å². The van der Waals surface area contributed by atoms with Gasteiger partial charge in [-0.25, -0.2) is 9.97 Å². The number of hydrogen-bond acceptors (Lipinski definition) is 6. The van der Waals surface area contributed by atoms with E-state index >= 15 is 0 Å². The number of carbonyl (C=O) groups excluding carboxylic acids is 1. The molecule has 0 unspecified atom stereocenters. The number of rotatable bonds is 12. The van der Waals surface area contributed by atoms with Crippen molar-refractivity contribution in [3.8, 4) is 11.1 Å². The molecule has 0 aliphatic carbocycles. The second-order valence-corrected chi connectivity index (χ2v) is 20.4. The summed E-state index contributed by atoms with van der Waals surface area (Å²) in [6, 6.07) is 18.7. The molecule has 1 aliphatic heterocycles. The first-order valence-electron chi connectivity index (χ1n) is 20.5. The maximum Gasteiger partial charge on any atom is 0.253 e. The summed E-state index contributed by atoms with van der Waals surface area (Å²) in [6.45, 7) is 8.01. The molecule has 2 aromatic carbocycles. The Balaban J connectivity index is 1.18. The molecule has 6 rings (SSSR count). The summed E-state index contributed by atoms with van der Waals surface area (Å²) < 4.78 is 61.7. The molecule has 2 atom stereocenters. The monoisotopic (exact) mass is 700 g/mol. The molecule has 0 saturated carbocycles. The first-order chi connectivity index (χ1) is 26.3. The number of pyridine rings is 1. The summed E-state index contributed by atoms with van der Waals surface area (Å²) in [5.41, 5.74) is 7.22. The molecule has 1 fully saturated rings. The van der Waals surface area contributed by atoms with Crippen LogP contribution in [-0.2, 0) is 23.3 Å². The number of benzene rings is 2. The predicted octanol–water partition coefficient (Wildman–Crippen LogP) is 8.25. The molecule has 50 heavy (non-hydrogen) atoms. The molecule has 0 spiro atoms. The number of amides is 1. The zero-order valence-electron chi connectivity index (χ0n) is 36.4. The van der Waals surface area contributed by atoms with E-state index in [-0.39, 0.29) is 28.5 Å². The minimum atomic E-state index is -3.08. The van der Waals surface area contributed by atoms with Crippen molar-refractivity contribution < 1.29 is 22.5 Å². The van der Waals surface area contributed by atoms with Crippen molar-refractivity contribution in [2.45, 2.75) is 77.2 Å². The number of imidazole rings is 1. The fourth-order valence-electron chi connectivity index (χ4n) is 7.13. The first kappa shape index (κ1) is 28.8. The van der Waals surface area contributed by atoms with Gasteiger partial charge < -0.3 is 23.5 Å². The van der Waals surface area contributed by atoms with Gasteiger partial charge >= 0.3 is 0 Å². The van der Waals surface area contributed by atoms with Crippen molar-refractivity contribution in [1.29, 1.82) is 0 Å². The van der Waals surface area contributed by atoms with E-state index in [1.807, 2.05) is 25.3 Å². The molecule has 0 bridgehead atoms. The molecule has 1 aliphatic rings. The molecule has 10 heteroatoms. The van der Waals surface area contributed by atoms with E-state index in [0.717, 1.165) is 83.2 Å². The summed E-state index contributed by atoms with van der Waals surface area (Å²) in [7, 11) is 2.56. The maximum atomic E-state index is 12.9. The molecule has 4 heterocycles. The summed E-state index contributed by atoms with van der Waals surface area (Å²) in [5.74, 6) is 0.0587. The predicted molar refractivity (Wildman–Crippen MR) is 205 cm³/mol. The van der Waals surface area contributed by atoms with Crippen molar-refractivity contribution in [1.82, 2.24) is 28.9 Å². The van der Waals surface area contributed by atoms with Gasteiger partial charge in [0.2, 0.25) is 0 Å². The maximum absolute atomic E-state index is 12.9. The SMILES string of the molecule is [2H]C([2H])([2H])N(C(=O)c1ccc(C2CCN([C@@H](C)c3cc4c(-c5ccc6c(c5)nc([C@@H](C)OC)n6COCC[Si](C)(C)C)ccnc4n3C)CC2)cc1)C([2H])([2H])[2H]. The molecule has 0 radical (unpaired) electrons. The van der Waals surface area contributed by atoms with Crippen LogP contribution in [0.4, 0.5) is 0 Å². The third kappa shape index (κ3) is 7.44. The van der Waals surface area contributed by atoms with Crippen LogP contribution in [0.25, 0.3) is 33.2 Å². The molecule has 0 N–H and O–H groups in total. The van der Waals surface area contributed by atoms with Crippen molar-refractivity contribution in [3.05, 3.63) is 83.4 Å². The van der Waals surface area contributed by atoms with E-state index < -0.39 is 27.9 Å². The van der Waals surface area contributed by atoms with Crippen LogP contribution in [0, 0.1) is 0 Å². The second-order valence-electron chi connectivity index (χ2n) is 14.8. The highest BCUT2D eigenvalue weighted by Crippen LogP contribution is 2.37. The van der Waals surface area contributed by atoms with E-state index in [0.29, 0.717) is 6.73 Å². The van der Waals surface area contributed by atoms with E-state index in [1.165, 1.54) is 17.8 Å². The number of aromatic nitrogens is 4. The van der Waals surface area contributed by atoms with Gasteiger partial charge in [0, 0.05) is 79.9 Å². The number of hydrogen-bond donors (Lipinski definition) is 0. The number of nitrogens with zero attached hydrogens (tertiary/aromatic N) is 6. The lowest BCUT2D eigenvalue weighted by Crippen LogP contribution is -2.35. The van der Waals surface area contributed by atoms with Crippen LogP contribution in [0.15, 0.2) is 60.8 Å². The quantitative estimate of drug-likeness (QED) is 0.0964. The lowest BCUT2D eigenvalue weighted by Gasteiger charge is -2.36. The number of piperidine rings is 1. The van der Waals surface area contributed by atoms with Crippen LogP contribution >= 0.6 is 0 Å². The number of ether oxygens (including phenoxy) is 2. The molecule has 266 valence electrons. The highest BCUT2D eigenvalue weighted by Gasteiger charge is 2.27. The fraction of sp³-hybridized carbons (Fsp3) is 0.475. The number of likely N-dealkylation sites (tertiary alicyclic amines) is 1. The largest absolute Gasteiger partial charge is 0.374 e. The van der Waals surface area contributed by atoms with Crippen LogP contribution in [0.5, 0.6) is 0 Å². The average molecular weight is 701 g/mol. The molecule has 9 nitrogen and oxygen atoms in total. The topological polar surface area (TPSA) is 77.7 Å². The van der Waals surface area contributed by atoms with Crippen molar-refractivity contribution in [2.24, 2.45) is 7.05 Å². The summed E-state index contributed by atoms with van der Waals surface area (Å²) in [4.78, 5) is 25.2. The van der Waals surface area contributed by atoms with Gasteiger partial charge in [0.05, 0.1) is 11.0 Å². The molecule has 5 aromatic rings. The minimum Gasteiger partial charge on any atom is -0.374 e. The van der Waals surface area contributed by atoms with Crippen LogP contribution < -0.4 is 0 Å². The van der Waals surface area contributed by atoms with Crippen molar-refractivity contribution in [2.75, 3.05) is 40.8 Å². The highest BCUT2D eigenvalue weighted by atomic mass is 28.3. The Morgan fingerprint density at radius 2 is 1.80 bits per heavy atom. The Kier molecular flexibility index (Phi) is 8.53. The van der Waals surface area contributed by atoms with Gasteiger partial charge in [-0.3, -0.25) is 9.69 Å². The van der Waals surface area contributed by atoms with Crippen LogP contribution in [0.2, 0.25) is 25.7 Å². The summed E-state index contributed by atoms with van der Waals surface area (Å²) in [5, 5.41) is 1.08. The number of methoxy groups -OCH3 is 1. The summed E-state index contributed by atoms with van der Waals surface area (Å²) >= 11 is 0. The van der Waals surface area contributed by atoms with Gasteiger partial charge in [0.1, 0.15) is 24.3 Å². The van der Waals surface area contributed by atoms with Crippen molar-refractivity contribution in [3.63, 3.8) is 0 Å².